The Morgan fingerprint density at radius 3 is 2.55 bits per heavy atom. The largest absolute Gasteiger partial charge is 0.369 e. The first-order chi connectivity index (χ1) is 9.35. The second-order valence-electron chi connectivity index (χ2n) is 5.36. The first-order valence-corrected chi connectivity index (χ1v) is 7.08. The number of halogens is 1. The van der Waals surface area contributed by atoms with Gasteiger partial charge in [-0.2, -0.15) is 0 Å². The summed E-state index contributed by atoms with van der Waals surface area (Å²) in [6.07, 6.45) is 0.710. The van der Waals surface area contributed by atoms with Crippen LogP contribution in [0.2, 0.25) is 0 Å². The van der Waals surface area contributed by atoms with Crippen molar-refractivity contribution < 1.29 is 14.4 Å². The number of nitrogens with zero attached hydrogens (tertiary/aromatic N) is 2. The van der Waals surface area contributed by atoms with E-state index in [1.54, 1.807) is 13.0 Å². The Bertz CT molecular complexity index is 561. The molecule has 1 aliphatic rings. The van der Waals surface area contributed by atoms with Crippen LogP contribution in [-0.2, 0) is 10.2 Å². The van der Waals surface area contributed by atoms with Crippen molar-refractivity contribution in [3.8, 4) is 0 Å². The third-order valence-corrected chi connectivity index (χ3v) is 4.74. The summed E-state index contributed by atoms with van der Waals surface area (Å²) >= 11 is 5.87. The maximum atomic E-state index is 12.0. The first kappa shape index (κ1) is 15.1. The fourth-order valence-electron chi connectivity index (χ4n) is 2.18. The average molecular weight is 299 g/mol. The standard InChI is InChI=1S/C14H19ClN2O3/c1-5-14(4,6-2)9-7-10(16-20-9)17-12(18)8(3)11(15)13(17)19/h7,12,18H,5-6H2,1-4H3. The molecular formula is C14H19ClN2O3. The molecule has 0 spiro atoms. The molecule has 1 aromatic heterocycles. The minimum atomic E-state index is -1.08. The Kier molecular flexibility index (Phi) is 3.93. The lowest BCUT2D eigenvalue weighted by atomic mass is 9.82. The topological polar surface area (TPSA) is 66.6 Å². The van der Waals surface area contributed by atoms with Gasteiger partial charge in [0, 0.05) is 17.1 Å². The Morgan fingerprint density at radius 1 is 1.50 bits per heavy atom. The lowest BCUT2D eigenvalue weighted by molar-refractivity contribution is -0.115. The van der Waals surface area contributed by atoms with E-state index in [0.717, 1.165) is 17.7 Å². The van der Waals surface area contributed by atoms with Gasteiger partial charge in [-0.15, -0.1) is 0 Å². The number of aliphatic hydroxyl groups is 1. The molecule has 110 valence electrons. The van der Waals surface area contributed by atoms with Gasteiger partial charge < -0.3 is 9.63 Å². The van der Waals surface area contributed by atoms with Crippen LogP contribution in [0, 0.1) is 0 Å². The Hall–Kier alpha value is -1.33. The summed E-state index contributed by atoms with van der Waals surface area (Å²) in [6.45, 7) is 7.85. The summed E-state index contributed by atoms with van der Waals surface area (Å²) < 4.78 is 5.37. The Balaban J connectivity index is 2.34. The third kappa shape index (κ3) is 2.15. The van der Waals surface area contributed by atoms with E-state index < -0.39 is 12.1 Å². The van der Waals surface area contributed by atoms with Crippen LogP contribution in [0.25, 0.3) is 0 Å². The maximum absolute atomic E-state index is 12.0. The summed E-state index contributed by atoms with van der Waals surface area (Å²) in [5.74, 6) is 0.546. The molecule has 5 nitrogen and oxygen atoms in total. The van der Waals surface area contributed by atoms with Crippen LogP contribution in [0.4, 0.5) is 5.82 Å². The van der Waals surface area contributed by atoms with Crippen molar-refractivity contribution in [1.29, 1.82) is 0 Å². The zero-order valence-corrected chi connectivity index (χ0v) is 12.9. The monoisotopic (exact) mass is 298 g/mol. The second-order valence-corrected chi connectivity index (χ2v) is 5.74. The smallest absolute Gasteiger partial charge is 0.273 e. The van der Waals surface area contributed by atoms with Crippen LogP contribution in [0.3, 0.4) is 0 Å². The maximum Gasteiger partial charge on any atom is 0.273 e. The quantitative estimate of drug-likeness (QED) is 0.928. The van der Waals surface area contributed by atoms with E-state index in [0.29, 0.717) is 17.2 Å². The SMILES string of the molecule is CCC(C)(CC)c1cc(N2C(=O)C(Cl)=C(C)C2O)no1. The van der Waals surface area contributed by atoms with Gasteiger partial charge in [-0.3, -0.25) is 9.69 Å². The van der Waals surface area contributed by atoms with E-state index in [1.165, 1.54) is 0 Å². The van der Waals surface area contributed by atoms with Crippen molar-refractivity contribution in [1.82, 2.24) is 5.16 Å². The minimum Gasteiger partial charge on any atom is -0.369 e. The molecule has 1 atom stereocenters. The molecule has 20 heavy (non-hydrogen) atoms. The summed E-state index contributed by atoms with van der Waals surface area (Å²) in [5.41, 5.74) is 0.292. The van der Waals surface area contributed by atoms with Crippen molar-refractivity contribution in [3.63, 3.8) is 0 Å². The van der Waals surface area contributed by atoms with Crippen LogP contribution in [0.15, 0.2) is 21.2 Å². The van der Waals surface area contributed by atoms with E-state index in [4.69, 9.17) is 16.1 Å². The predicted molar refractivity (Wildman–Crippen MR) is 76.5 cm³/mol. The Morgan fingerprint density at radius 2 is 2.10 bits per heavy atom. The van der Waals surface area contributed by atoms with Gasteiger partial charge >= 0.3 is 0 Å². The molecule has 1 aliphatic heterocycles. The normalized spacial score (nSPS) is 20.2. The number of amides is 1. The van der Waals surface area contributed by atoms with Gasteiger partial charge in [-0.05, 0) is 19.8 Å². The molecule has 2 heterocycles. The fraction of sp³-hybridized carbons (Fsp3) is 0.571. The number of carbonyl (C=O) groups excluding carboxylic acids is 1. The highest BCUT2D eigenvalue weighted by Crippen LogP contribution is 2.36. The molecule has 0 fully saturated rings. The molecule has 1 N–H and O–H groups in total. The number of anilines is 1. The summed E-state index contributed by atoms with van der Waals surface area (Å²) in [5, 5.41) is 14.0. The molecule has 0 radical (unpaired) electrons. The minimum absolute atomic E-state index is 0.0378. The molecule has 2 rings (SSSR count). The van der Waals surface area contributed by atoms with E-state index in [9.17, 15) is 9.90 Å². The summed E-state index contributed by atoms with van der Waals surface area (Å²) in [6, 6.07) is 1.71. The highest BCUT2D eigenvalue weighted by atomic mass is 35.5. The number of aliphatic hydroxyl groups excluding tert-OH is 1. The van der Waals surface area contributed by atoms with Crippen LogP contribution >= 0.6 is 11.6 Å². The molecule has 1 amide bonds. The van der Waals surface area contributed by atoms with Crippen LogP contribution in [-0.4, -0.2) is 22.4 Å². The van der Waals surface area contributed by atoms with Crippen LogP contribution in [0.1, 0.15) is 46.3 Å². The third-order valence-electron chi connectivity index (χ3n) is 4.28. The van der Waals surface area contributed by atoms with Crippen molar-refractivity contribution in [2.75, 3.05) is 4.90 Å². The van der Waals surface area contributed by atoms with E-state index >= 15 is 0 Å². The molecule has 0 aromatic carbocycles. The van der Waals surface area contributed by atoms with Crippen LogP contribution in [0.5, 0.6) is 0 Å². The molecule has 0 bridgehead atoms. The highest BCUT2D eigenvalue weighted by molar-refractivity contribution is 6.45. The number of rotatable bonds is 4. The van der Waals surface area contributed by atoms with Gasteiger partial charge in [-0.25, -0.2) is 0 Å². The molecule has 1 unspecified atom stereocenters. The van der Waals surface area contributed by atoms with Gasteiger partial charge in [0.05, 0.1) is 0 Å². The molecular weight excluding hydrogens is 280 g/mol. The lowest BCUT2D eigenvalue weighted by Gasteiger charge is -2.22. The Labute approximate surface area is 123 Å². The van der Waals surface area contributed by atoms with Crippen molar-refractivity contribution in [3.05, 3.63) is 22.4 Å². The molecule has 1 aromatic rings. The fourth-order valence-corrected chi connectivity index (χ4v) is 2.37. The summed E-state index contributed by atoms with van der Waals surface area (Å²) in [4.78, 5) is 13.2. The van der Waals surface area contributed by atoms with E-state index in [-0.39, 0.29) is 10.4 Å². The number of aromatic nitrogens is 1. The highest BCUT2D eigenvalue weighted by Gasteiger charge is 2.39. The van der Waals surface area contributed by atoms with Gasteiger partial charge in [-0.1, -0.05) is 37.5 Å². The van der Waals surface area contributed by atoms with E-state index in [1.807, 2.05) is 0 Å². The van der Waals surface area contributed by atoms with Crippen molar-refractivity contribution >= 4 is 23.3 Å². The molecule has 0 saturated heterocycles. The van der Waals surface area contributed by atoms with Gasteiger partial charge in [0.25, 0.3) is 5.91 Å². The van der Waals surface area contributed by atoms with E-state index in [2.05, 4.69) is 25.9 Å². The average Bonchev–Trinajstić information content (AvgIpc) is 3.00. The zero-order chi connectivity index (χ0) is 15.1. The molecule has 0 saturated carbocycles. The first-order valence-electron chi connectivity index (χ1n) is 6.70. The van der Waals surface area contributed by atoms with Crippen LogP contribution < -0.4 is 4.90 Å². The number of hydrogen-bond acceptors (Lipinski definition) is 4. The van der Waals surface area contributed by atoms with Gasteiger partial charge in [0.1, 0.15) is 10.8 Å². The lowest BCUT2D eigenvalue weighted by Crippen LogP contribution is -2.35. The molecule has 6 heteroatoms. The predicted octanol–water partition coefficient (Wildman–Crippen LogP) is 2.93. The summed E-state index contributed by atoms with van der Waals surface area (Å²) in [7, 11) is 0. The second kappa shape index (κ2) is 5.22. The number of hydrogen-bond donors (Lipinski definition) is 1. The zero-order valence-electron chi connectivity index (χ0n) is 12.1. The van der Waals surface area contributed by atoms with Gasteiger partial charge in [0.2, 0.25) is 0 Å². The van der Waals surface area contributed by atoms with Crippen molar-refractivity contribution in [2.24, 2.45) is 0 Å². The van der Waals surface area contributed by atoms with Gasteiger partial charge in [0.15, 0.2) is 12.0 Å². The number of carbonyl (C=O) groups is 1. The van der Waals surface area contributed by atoms with Crippen molar-refractivity contribution in [2.45, 2.75) is 52.2 Å². The molecule has 0 aliphatic carbocycles.